The highest BCUT2D eigenvalue weighted by Crippen LogP contribution is 2.37. The molecule has 1 unspecified atom stereocenters. The summed E-state index contributed by atoms with van der Waals surface area (Å²) in [6.07, 6.45) is 2.75. The summed E-state index contributed by atoms with van der Waals surface area (Å²) in [6, 6.07) is 0. The molecule has 0 bridgehead atoms. The zero-order valence-electron chi connectivity index (χ0n) is 11.0. The van der Waals surface area contributed by atoms with Gasteiger partial charge in [0.15, 0.2) is 0 Å². The fraction of sp³-hybridized carbons (Fsp3) is 1.00. The third-order valence-electron chi connectivity index (χ3n) is 4.04. The van der Waals surface area contributed by atoms with Crippen molar-refractivity contribution in [1.29, 1.82) is 0 Å². The summed E-state index contributed by atoms with van der Waals surface area (Å²) in [5.74, 6) is 0. The number of rotatable bonds is 4. The van der Waals surface area contributed by atoms with Crippen LogP contribution in [0.4, 0.5) is 0 Å². The molecule has 2 heterocycles. The largest absolute Gasteiger partial charge is 0.384 e. The predicted molar refractivity (Wildman–Crippen MR) is 66.6 cm³/mol. The van der Waals surface area contributed by atoms with Gasteiger partial charge < -0.3 is 15.0 Å². The molecule has 2 saturated heterocycles. The maximum Gasteiger partial charge on any atom is 0.0525 e. The molecule has 2 aliphatic rings. The lowest BCUT2D eigenvalue weighted by Crippen LogP contribution is -2.37. The lowest BCUT2D eigenvalue weighted by atomic mass is 9.86. The molecule has 0 saturated carbocycles. The molecule has 0 aromatic carbocycles. The number of nitrogens with zero attached hydrogens (tertiary/aromatic N) is 1. The second-order valence-electron chi connectivity index (χ2n) is 6.48. The summed E-state index contributed by atoms with van der Waals surface area (Å²) >= 11 is 0. The third-order valence-corrected chi connectivity index (χ3v) is 4.04. The minimum absolute atomic E-state index is 0.284. The van der Waals surface area contributed by atoms with Gasteiger partial charge in [0.1, 0.15) is 0 Å². The molecular formula is C13H26N2O. The Kier molecular flexibility index (Phi) is 3.57. The summed E-state index contributed by atoms with van der Waals surface area (Å²) in [4.78, 5) is 2.63. The van der Waals surface area contributed by atoms with Crippen molar-refractivity contribution in [3.05, 3.63) is 0 Å². The quantitative estimate of drug-likeness (QED) is 0.783. The van der Waals surface area contributed by atoms with Gasteiger partial charge in [-0.15, -0.1) is 0 Å². The van der Waals surface area contributed by atoms with Gasteiger partial charge >= 0.3 is 0 Å². The first-order valence-corrected chi connectivity index (χ1v) is 6.47. The van der Waals surface area contributed by atoms with Crippen LogP contribution in [0.1, 0.15) is 26.7 Å². The van der Waals surface area contributed by atoms with Crippen LogP contribution < -0.4 is 5.32 Å². The molecule has 1 spiro atoms. The number of hydrogen-bond donors (Lipinski definition) is 1. The number of nitrogens with one attached hydrogen (secondary N) is 1. The van der Waals surface area contributed by atoms with Crippen LogP contribution in [0.15, 0.2) is 0 Å². The van der Waals surface area contributed by atoms with Crippen LogP contribution in [0.2, 0.25) is 0 Å². The van der Waals surface area contributed by atoms with Gasteiger partial charge in [-0.05, 0) is 31.3 Å². The van der Waals surface area contributed by atoms with Crippen LogP contribution in [-0.2, 0) is 4.74 Å². The van der Waals surface area contributed by atoms with E-state index in [1.807, 2.05) is 0 Å². The molecule has 0 radical (unpaired) electrons. The van der Waals surface area contributed by atoms with Gasteiger partial charge in [0.2, 0.25) is 0 Å². The highest BCUT2D eigenvalue weighted by Gasteiger charge is 2.41. The second kappa shape index (κ2) is 4.63. The van der Waals surface area contributed by atoms with Gasteiger partial charge in [-0.3, -0.25) is 0 Å². The van der Waals surface area contributed by atoms with Crippen molar-refractivity contribution in [2.45, 2.75) is 26.7 Å². The maximum absolute atomic E-state index is 5.29. The van der Waals surface area contributed by atoms with E-state index in [9.17, 15) is 0 Å². The molecule has 2 fully saturated rings. The predicted octanol–water partition coefficient (Wildman–Crippen LogP) is 1.34. The van der Waals surface area contributed by atoms with Crippen molar-refractivity contribution in [1.82, 2.24) is 10.2 Å². The van der Waals surface area contributed by atoms with Gasteiger partial charge in [0.25, 0.3) is 0 Å². The standard InChI is InChI=1S/C13H26N2O/c1-12(2,11-16-3)9-15-7-5-13(10-15)4-6-14-8-13/h14H,4-11H2,1-3H3. The smallest absolute Gasteiger partial charge is 0.0525 e. The molecule has 0 aromatic heterocycles. The molecule has 0 aliphatic carbocycles. The molecule has 2 rings (SSSR count). The molecule has 94 valence electrons. The highest BCUT2D eigenvalue weighted by molar-refractivity contribution is 4.96. The molecule has 2 aliphatic heterocycles. The van der Waals surface area contributed by atoms with Crippen LogP contribution in [0.5, 0.6) is 0 Å². The fourth-order valence-electron chi connectivity index (χ4n) is 3.35. The topological polar surface area (TPSA) is 24.5 Å². The Labute approximate surface area is 99.5 Å². The maximum atomic E-state index is 5.29. The van der Waals surface area contributed by atoms with Crippen LogP contribution in [-0.4, -0.2) is 51.3 Å². The van der Waals surface area contributed by atoms with Crippen molar-refractivity contribution >= 4 is 0 Å². The highest BCUT2D eigenvalue weighted by atomic mass is 16.5. The number of hydrogen-bond acceptors (Lipinski definition) is 3. The SMILES string of the molecule is COCC(C)(C)CN1CCC2(CCNC2)C1. The third kappa shape index (κ3) is 2.76. The van der Waals surface area contributed by atoms with Crippen LogP contribution >= 0.6 is 0 Å². The molecule has 3 heteroatoms. The van der Waals surface area contributed by atoms with Gasteiger partial charge in [-0.1, -0.05) is 13.8 Å². The molecule has 16 heavy (non-hydrogen) atoms. The van der Waals surface area contributed by atoms with E-state index >= 15 is 0 Å². The molecule has 3 nitrogen and oxygen atoms in total. The minimum atomic E-state index is 0.284. The normalized spacial score (nSPS) is 31.7. The summed E-state index contributed by atoms with van der Waals surface area (Å²) in [5.41, 5.74) is 0.884. The van der Waals surface area contributed by atoms with Crippen molar-refractivity contribution < 1.29 is 4.74 Å². The Morgan fingerprint density at radius 2 is 2.19 bits per heavy atom. The number of likely N-dealkylation sites (tertiary alicyclic amines) is 1. The molecule has 0 amide bonds. The van der Waals surface area contributed by atoms with Crippen molar-refractivity contribution in [2.24, 2.45) is 10.8 Å². The average Bonchev–Trinajstić information content (AvgIpc) is 2.77. The zero-order valence-corrected chi connectivity index (χ0v) is 11.0. The molecular weight excluding hydrogens is 200 g/mol. The first-order chi connectivity index (χ1) is 7.55. The zero-order chi connectivity index (χ0) is 11.6. The monoisotopic (exact) mass is 226 g/mol. The number of methoxy groups -OCH3 is 1. The summed E-state index contributed by atoms with van der Waals surface area (Å²) in [7, 11) is 1.80. The van der Waals surface area contributed by atoms with Crippen molar-refractivity contribution in [2.75, 3.05) is 46.4 Å². The second-order valence-corrected chi connectivity index (χ2v) is 6.48. The van der Waals surface area contributed by atoms with Crippen LogP contribution in [0.25, 0.3) is 0 Å². The Hall–Kier alpha value is -0.120. The van der Waals surface area contributed by atoms with E-state index in [2.05, 4.69) is 24.1 Å². The minimum Gasteiger partial charge on any atom is -0.384 e. The molecule has 1 atom stereocenters. The van der Waals surface area contributed by atoms with E-state index in [4.69, 9.17) is 4.74 Å². The van der Waals surface area contributed by atoms with E-state index in [1.165, 1.54) is 45.6 Å². The van der Waals surface area contributed by atoms with E-state index in [0.717, 1.165) is 6.61 Å². The Bertz CT molecular complexity index is 234. The first-order valence-electron chi connectivity index (χ1n) is 6.47. The van der Waals surface area contributed by atoms with Gasteiger partial charge in [-0.2, -0.15) is 0 Å². The Morgan fingerprint density at radius 3 is 2.81 bits per heavy atom. The molecule has 0 aromatic rings. The van der Waals surface area contributed by atoms with Gasteiger partial charge in [-0.25, -0.2) is 0 Å². The van der Waals surface area contributed by atoms with Crippen molar-refractivity contribution in [3.63, 3.8) is 0 Å². The Balaban J connectivity index is 1.84. The van der Waals surface area contributed by atoms with Crippen LogP contribution in [0, 0.1) is 10.8 Å². The van der Waals surface area contributed by atoms with Gasteiger partial charge in [0, 0.05) is 32.2 Å². The lowest BCUT2D eigenvalue weighted by molar-refractivity contribution is 0.0737. The van der Waals surface area contributed by atoms with Crippen LogP contribution in [0.3, 0.4) is 0 Å². The average molecular weight is 226 g/mol. The van der Waals surface area contributed by atoms with Crippen molar-refractivity contribution in [3.8, 4) is 0 Å². The van der Waals surface area contributed by atoms with E-state index < -0.39 is 0 Å². The van der Waals surface area contributed by atoms with E-state index in [-0.39, 0.29) is 5.41 Å². The Morgan fingerprint density at radius 1 is 1.38 bits per heavy atom. The summed E-state index contributed by atoms with van der Waals surface area (Å²) in [5, 5.41) is 3.51. The van der Waals surface area contributed by atoms with Gasteiger partial charge in [0.05, 0.1) is 6.61 Å². The summed E-state index contributed by atoms with van der Waals surface area (Å²) in [6.45, 7) is 11.6. The summed E-state index contributed by atoms with van der Waals surface area (Å²) < 4.78 is 5.29. The van der Waals surface area contributed by atoms with E-state index in [1.54, 1.807) is 7.11 Å². The first kappa shape index (κ1) is 12.3. The van der Waals surface area contributed by atoms with E-state index in [0.29, 0.717) is 5.41 Å². The fourth-order valence-corrected chi connectivity index (χ4v) is 3.35. The lowest BCUT2D eigenvalue weighted by Gasteiger charge is -2.30. The number of ether oxygens (including phenoxy) is 1. The molecule has 1 N–H and O–H groups in total.